The minimum atomic E-state index is -0.985. The highest BCUT2D eigenvalue weighted by atomic mass is 16.5. The Morgan fingerprint density at radius 2 is 1.88 bits per heavy atom. The van der Waals surface area contributed by atoms with Gasteiger partial charge < -0.3 is 9.84 Å². The van der Waals surface area contributed by atoms with Gasteiger partial charge in [0, 0.05) is 24.5 Å². The van der Waals surface area contributed by atoms with Crippen LogP contribution in [0.1, 0.15) is 33.9 Å². The van der Waals surface area contributed by atoms with E-state index in [0.29, 0.717) is 18.5 Å². The molecule has 0 spiro atoms. The van der Waals surface area contributed by atoms with Gasteiger partial charge in [0.05, 0.1) is 18.7 Å². The lowest BCUT2D eigenvalue weighted by atomic mass is 9.93. The Balaban J connectivity index is 1.96. The zero-order chi connectivity index (χ0) is 17.8. The first kappa shape index (κ1) is 16.6. The molecule has 0 radical (unpaired) electrons. The van der Waals surface area contributed by atoms with E-state index >= 15 is 0 Å². The minimum Gasteiger partial charge on any atom is -0.465 e. The van der Waals surface area contributed by atoms with Crippen molar-refractivity contribution in [3.63, 3.8) is 0 Å². The molecule has 25 heavy (non-hydrogen) atoms. The third-order valence-electron chi connectivity index (χ3n) is 4.17. The summed E-state index contributed by atoms with van der Waals surface area (Å²) >= 11 is 0. The monoisotopic (exact) mass is 339 g/mol. The fraction of sp³-hybridized carbons (Fsp3) is 0.222. The maximum atomic E-state index is 11.6. The van der Waals surface area contributed by atoms with Gasteiger partial charge in [0.1, 0.15) is 6.33 Å². The molecule has 0 unspecified atom stereocenters. The van der Waals surface area contributed by atoms with Crippen LogP contribution in [0, 0.1) is 0 Å². The zero-order valence-electron chi connectivity index (χ0n) is 13.6. The smallest absolute Gasteiger partial charge is 0.408 e. The van der Waals surface area contributed by atoms with Crippen LogP contribution in [0.3, 0.4) is 0 Å². The number of aromatic nitrogens is 2. The molecule has 2 heterocycles. The number of benzene rings is 1. The fourth-order valence-corrected chi connectivity index (χ4v) is 2.87. The molecule has 1 atom stereocenters. The van der Waals surface area contributed by atoms with Gasteiger partial charge >= 0.3 is 12.1 Å². The number of carboxylic acid groups (broad SMARTS) is 1. The second-order valence-corrected chi connectivity index (χ2v) is 5.60. The predicted molar refractivity (Wildman–Crippen MR) is 89.9 cm³/mol. The Morgan fingerprint density at radius 1 is 1.20 bits per heavy atom. The van der Waals surface area contributed by atoms with Crippen LogP contribution >= 0.6 is 0 Å². The topological polar surface area (TPSA) is 92.6 Å². The van der Waals surface area contributed by atoms with Crippen LogP contribution in [0.4, 0.5) is 4.79 Å². The Bertz CT molecular complexity index is 803. The van der Waals surface area contributed by atoms with E-state index < -0.39 is 18.1 Å². The van der Waals surface area contributed by atoms with Crippen LogP contribution in [0.5, 0.6) is 0 Å². The number of esters is 1. The number of carbonyl (C=O) groups is 2. The molecule has 0 bridgehead atoms. The standard InChI is InChI=1S/C18H17N3O4/c1-25-17(22)13-4-2-12(3-5-13)16-8-14(6-7-21(16)18(23)24)15-9-19-11-20-10-15/h2-5,8-11,16H,6-7H2,1H3,(H,23,24)/t16-/m0/s1. The number of nitrogens with zero attached hydrogens (tertiary/aromatic N) is 3. The molecule has 128 valence electrons. The molecule has 1 N–H and O–H groups in total. The lowest BCUT2D eigenvalue weighted by Crippen LogP contribution is -2.36. The first-order valence-electron chi connectivity index (χ1n) is 7.74. The van der Waals surface area contributed by atoms with E-state index in [1.165, 1.54) is 18.3 Å². The van der Waals surface area contributed by atoms with Gasteiger partial charge in [0.25, 0.3) is 0 Å². The van der Waals surface area contributed by atoms with Gasteiger partial charge in [-0.15, -0.1) is 0 Å². The molecule has 1 amide bonds. The van der Waals surface area contributed by atoms with Gasteiger partial charge in [-0.3, -0.25) is 4.90 Å². The Labute approximate surface area is 144 Å². The average Bonchev–Trinajstić information content (AvgIpc) is 2.67. The van der Waals surface area contributed by atoms with Gasteiger partial charge in [0.2, 0.25) is 0 Å². The highest BCUT2D eigenvalue weighted by Gasteiger charge is 2.28. The number of amides is 1. The fourth-order valence-electron chi connectivity index (χ4n) is 2.87. The summed E-state index contributed by atoms with van der Waals surface area (Å²) in [5, 5.41) is 9.51. The van der Waals surface area contributed by atoms with Crippen LogP contribution in [0.15, 0.2) is 49.1 Å². The largest absolute Gasteiger partial charge is 0.465 e. The Morgan fingerprint density at radius 3 is 2.48 bits per heavy atom. The molecule has 7 heteroatoms. The predicted octanol–water partition coefficient (Wildman–Crippen LogP) is 2.77. The molecule has 7 nitrogen and oxygen atoms in total. The molecular weight excluding hydrogens is 322 g/mol. The quantitative estimate of drug-likeness (QED) is 0.865. The third kappa shape index (κ3) is 3.50. The van der Waals surface area contributed by atoms with Gasteiger partial charge in [-0.25, -0.2) is 19.6 Å². The number of carbonyl (C=O) groups excluding carboxylic acids is 1. The van der Waals surface area contributed by atoms with Gasteiger partial charge in [0.15, 0.2) is 0 Å². The van der Waals surface area contributed by atoms with E-state index in [1.807, 2.05) is 6.08 Å². The highest BCUT2D eigenvalue weighted by molar-refractivity contribution is 5.89. The number of hydrogen-bond acceptors (Lipinski definition) is 5. The van der Waals surface area contributed by atoms with Crippen molar-refractivity contribution >= 4 is 17.6 Å². The molecule has 1 aliphatic rings. The Hall–Kier alpha value is -3.22. The Kier molecular flexibility index (Phi) is 4.74. The van der Waals surface area contributed by atoms with E-state index in [9.17, 15) is 14.7 Å². The van der Waals surface area contributed by atoms with Crippen molar-refractivity contribution < 1.29 is 19.4 Å². The van der Waals surface area contributed by atoms with Gasteiger partial charge in [-0.05, 0) is 29.7 Å². The van der Waals surface area contributed by atoms with Crippen molar-refractivity contribution in [1.82, 2.24) is 14.9 Å². The SMILES string of the molecule is COC(=O)c1ccc([C@@H]2C=C(c3cncnc3)CCN2C(=O)O)cc1. The number of rotatable bonds is 3. The second-order valence-electron chi connectivity index (χ2n) is 5.60. The number of hydrogen-bond donors (Lipinski definition) is 1. The van der Waals surface area contributed by atoms with E-state index in [2.05, 4.69) is 14.7 Å². The average molecular weight is 339 g/mol. The molecular formula is C18H17N3O4. The molecule has 3 rings (SSSR count). The van der Waals surface area contributed by atoms with Crippen LogP contribution < -0.4 is 0 Å². The molecule has 1 aliphatic heterocycles. The summed E-state index contributed by atoms with van der Waals surface area (Å²) in [6.45, 7) is 0.374. The summed E-state index contributed by atoms with van der Waals surface area (Å²) in [4.78, 5) is 32.6. The number of methoxy groups -OCH3 is 1. The molecule has 1 aromatic heterocycles. The molecule has 2 aromatic rings. The molecule has 1 aromatic carbocycles. The summed E-state index contributed by atoms with van der Waals surface area (Å²) in [5.74, 6) is -0.428. The molecule has 0 saturated carbocycles. The second kappa shape index (κ2) is 7.12. The lowest BCUT2D eigenvalue weighted by molar-refractivity contribution is 0.0600. The summed E-state index contributed by atoms with van der Waals surface area (Å²) in [6.07, 6.45) is 6.40. The van der Waals surface area contributed by atoms with Crippen molar-refractivity contribution in [3.05, 3.63) is 65.8 Å². The van der Waals surface area contributed by atoms with Crippen molar-refractivity contribution in [3.8, 4) is 0 Å². The molecule has 0 aliphatic carbocycles. The van der Waals surface area contributed by atoms with E-state index in [4.69, 9.17) is 0 Å². The number of ether oxygens (including phenoxy) is 1. The van der Waals surface area contributed by atoms with E-state index in [0.717, 1.165) is 16.7 Å². The maximum absolute atomic E-state index is 11.6. The van der Waals surface area contributed by atoms with Crippen molar-refractivity contribution in [1.29, 1.82) is 0 Å². The summed E-state index contributed by atoms with van der Waals surface area (Å²) in [7, 11) is 1.32. The third-order valence-corrected chi connectivity index (χ3v) is 4.17. The summed E-state index contributed by atoms with van der Waals surface area (Å²) in [5.41, 5.74) is 3.08. The van der Waals surface area contributed by atoms with Crippen LogP contribution in [-0.4, -0.2) is 45.7 Å². The summed E-state index contributed by atoms with van der Waals surface area (Å²) < 4.78 is 4.69. The van der Waals surface area contributed by atoms with Crippen LogP contribution in [0.25, 0.3) is 5.57 Å². The lowest BCUT2D eigenvalue weighted by Gasteiger charge is -2.32. The maximum Gasteiger partial charge on any atom is 0.408 e. The highest BCUT2D eigenvalue weighted by Crippen LogP contribution is 2.33. The molecule has 0 fully saturated rings. The van der Waals surface area contributed by atoms with Crippen LogP contribution in [0.2, 0.25) is 0 Å². The zero-order valence-corrected chi connectivity index (χ0v) is 13.6. The summed E-state index contributed by atoms with van der Waals surface area (Å²) in [6, 6.07) is 6.32. The van der Waals surface area contributed by atoms with Gasteiger partial charge in [-0.1, -0.05) is 18.2 Å². The first-order valence-corrected chi connectivity index (χ1v) is 7.74. The van der Waals surface area contributed by atoms with Crippen molar-refractivity contribution in [2.75, 3.05) is 13.7 Å². The normalized spacial score (nSPS) is 16.9. The van der Waals surface area contributed by atoms with Crippen LogP contribution in [-0.2, 0) is 4.74 Å². The van der Waals surface area contributed by atoms with Crippen molar-refractivity contribution in [2.24, 2.45) is 0 Å². The molecule has 0 saturated heterocycles. The van der Waals surface area contributed by atoms with Crippen molar-refractivity contribution in [2.45, 2.75) is 12.5 Å². The van der Waals surface area contributed by atoms with E-state index in [1.54, 1.807) is 36.7 Å². The van der Waals surface area contributed by atoms with Gasteiger partial charge in [-0.2, -0.15) is 0 Å². The minimum absolute atomic E-state index is 0.374. The van der Waals surface area contributed by atoms with E-state index in [-0.39, 0.29) is 0 Å². The first-order chi connectivity index (χ1) is 12.1.